The molecule has 0 aromatic heterocycles. The lowest BCUT2D eigenvalue weighted by Gasteiger charge is -2.37. The Kier molecular flexibility index (Phi) is 1.52. The smallest absolute Gasteiger partial charge is 0.0101 e. The molecule has 0 bridgehead atoms. The van der Waals surface area contributed by atoms with Crippen molar-refractivity contribution in [3.63, 3.8) is 0 Å². The van der Waals surface area contributed by atoms with Gasteiger partial charge in [0.15, 0.2) is 0 Å². The third-order valence-electron chi connectivity index (χ3n) is 4.39. The highest BCUT2D eigenvalue weighted by atomic mass is 15.0. The minimum absolute atomic E-state index is 0.884. The van der Waals surface area contributed by atoms with Gasteiger partial charge in [-0.15, -0.1) is 0 Å². The first-order chi connectivity index (χ1) is 5.84. The Morgan fingerprint density at radius 2 is 1.83 bits per heavy atom. The third-order valence-corrected chi connectivity index (χ3v) is 4.39. The molecule has 0 aromatic carbocycles. The van der Waals surface area contributed by atoms with Crippen LogP contribution >= 0.6 is 0 Å². The van der Waals surface area contributed by atoms with Crippen LogP contribution in [0.1, 0.15) is 39.0 Å². The average molecular weight is 165 g/mol. The van der Waals surface area contributed by atoms with E-state index >= 15 is 0 Å². The Labute approximate surface area is 74.9 Å². The summed E-state index contributed by atoms with van der Waals surface area (Å²) in [6.45, 7) is 2.39. The van der Waals surface area contributed by atoms with Crippen LogP contribution in [0.4, 0.5) is 0 Å². The van der Waals surface area contributed by atoms with Crippen LogP contribution in [0.2, 0.25) is 0 Å². The Morgan fingerprint density at radius 3 is 2.25 bits per heavy atom. The fourth-order valence-electron chi connectivity index (χ4n) is 3.10. The minimum atomic E-state index is 0.884. The largest absolute Gasteiger partial charge is 0.311 e. The molecular formula is C11H19N. The normalized spacial score (nSPS) is 56.2. The van der Waals surface area contributed by atoms with Gasteiger partial charge in [0.25, 0.3) is 0 Å². The predicted molar refractivity (Wildman–Crippen MR) is 49.9 cm³/mol. The van der Waals surface area contributed by atoms with Crippen LogP contribution in [0, 0.1) is 17.8 Å². The summed E-state index contributed by atoms with van der Waals surface area (Å²) < 4.78 is 0. The summed E-state index contributed by atoms with van der Waals surface area (Å²) in [4.78, 5) is 0. The van der Waals surface area contributed by atoms with Crippen molar-refractivity contribution in [2.75, 3.05) is 0 Å². The molecule has 68 valence electrons. The Hall–Kier alpha value is -0.0400. The number of fused-ring (bicyclic) bond motifs is 1. The van der Waals surface area contributed by atoms with Crippen LogP contribution in [0.25, 0.3) is 0 Å². The monoisotopic (exact) mass is 165 g/mol. The molecule has 0 spiro atoms. The van der Waals surface area contributed by atoms with Gasteiger partial charge in [0, 0.05) is 12.1 Å². The number of hydrogen-bond acceptors (Lipinski definition) is 1. The first kappa shape index (κ1) is 7.37. The van der Waals surface area contributed by atoms with Crippen molar-refractivity contribution in [2.24, 2.45) is 17.8 Å². The fraction of sp³-hybridized carbons (Fsp3) is 1.00. The molecule has 3 unspecified atom stereocenters. The van der Waals surface area contributed by atoms with Crippen molar-refractivity contribution < 1.29 is 0 Å². The van der Waals surface area contributed by atoms with E-state index in [-0.39, 0.29) is 0 Å². The quantitative estimate of drug-likeness (QED) is 0.661. The van der Waals surface area contributed by atoms with Crippen LogP contribution in [-0.4, -0.2) is 12.1 Å². The van der Waals surface area contributed by atoms with Gasteiger partial charge in [-0.2, -0.15) is 0 Å². The summed E-state index contributed by atoms with van der Waals surface area (Å²) in [6.07, 6.45) is 7.42. The van der Waals surface area contributed by atoms with Crippen LogP contribution < -0.4 is 5.32 Å². The van der Waals surface area contributed by atoms with Gasteiger partial charge in [-0.25, -0.2) is 0 Å². The van der Waals surface area contributed by atoms with E-state index in [1.54, 1.807) is 6.42 Å². The third kappa shape index (κ3) is 1.02. The highest BCUT2D eigenvalue weighted by molar-refractivity contribution is 5.03. The second-order valence-electron chi connectivity index (χ2n) is 5.17. The van der Waals surface area contributed by atoms with E-state index in [9.17, 15) is 0 Å². The fourth-order valence-corrected chi connectivity index (χ4v) is 3.10. The van der Waals surface area contributed by atoms with E-state index < -0.39 is 0 Å². The van der Waals surface area contributed by atoms with Gasteiger partial charge < -0.3 is 5.32 Å². The van der Waals surface area contributed by atoms with Gasteiger partial charge >= 0.3 is 0 Å². The highest BCUT2D eigenvalue weighted by Crippen LogP contribution is 2.52. The van der Waals surface area contributed by atoms with E-state index in [4.69, 9.17) is 0 Å². The number of nitrogens with one attached hydrogen (secondary N) is 1. The molecule has 0 amide bonds. The molecule has 1 N–H and O–H groups in total. The second-order valence-corrected chi connectivity index (χ2v) is 5.17. The Morgan fingerprint density at radius 1 is 1.00 bits per heavy atom. The van der Waals surface area contributed by atoms with Crippen molar-refractivity contribution >= 4 is 0 Å². The van der Waals surface area contributed by atoms with Crippen molar-refractivity contribution in [3.05, 3.63) is 0 Å². The second kappa shape index (κ2) is 2.47. The Bertz CT molecular complexity index is 189. The van der Waals surface area contributed by atoms with Gasteiger partial charge in [-0.05, 0) is 49.9 Å². The molecule has 1 nitrogen and oxygen atoms in total. The zero-order valence-corrected chi connectivity index (χ0v) is 7.92. The predicted octanol–water partition coefficient (Wildman–Crippen LogP) is 2.17. The average Bonchev–Trinajstić information content (AvgIpc) is 2.75. The molecule has 5 atom stereocenters. The number of rotatable bonds is 2. The molecule has 3 saturated carbocycles. The minimum Gasteiger partial charge on any atom is -0.311 e. The maximum absolute atomic E-state index is 3.86. The maximum Gasteiger partial charge on any atom is 0.0101 e. The van der Waals surface area contributed by atoms with Crippen LogP contribution in [0.3, 0.4) is 0 Å². The first-order valence-electron chi connectivity index (χ1n) is 5.60. The molecule has 3 aliphatic rings. The van der Waals surface area contributed by atoms with E-state index in [0.29, 0.717) is 0 Å². The van der Waals surface area contributed by atoms with Crippen molar-refractivity contribution in [1.29, 1.82) is 0 Å². The van der Waals surface area contributed by atoms with Gasteiger partial charge in [0.05, 0.1) is 0 Å². The van der Waals surface area contributed by atoms with Crippen LogP contribution in [-0.2, 0) is 0 Å². The zero-order chi connectivity index (χ0) is 8.13. The summed E-state index contributed by atoms with van der Waals surface area (Å²) in [5.74, 6) is 3.19. The standard InChI is InChI=1S/C11H19N/c1-7-2-4-10(7)12-11-5-3-8-6-9(8)11/h7-12H,2-6H2,1H3/t7?,8-,9+,10?,11?/m1/s1. The van der Waals surface area contributed by atoms with Gasteiger partial charge in [-0.1, -0.05) is 6.92 Å². The lowest BCUT2D eigenvalue weighted by Crippen LogP contribution is -2.47. The molecule has 0 radical (unpaired) electrons. The molecule has 12 heavy (non-hydrogen) atoms. The summed E-state index contributed by atoms with van der Waals surface area (Å²) in [7, 11) is 0. The maximum atomic E-state index is 3.86. The summed E-state index contributed by atoms with van der Waals surface area (Å²) in [5, 5.41) is 3.86. The molecule has 3 rings (SSSR count). The molecular weight excluding hydrogens is 146 g/mol. The molecule has 0 saturated heterocycles. The van der Waals surface area contributed by atoms with Gasteiger partial charge in [-0.3, -0.25) is 0 Å². The first-order valence-corrected chi connectivity index (χ1v) is 5.60. The van der Waals surface area contributed by atoms with E-state index in [2.05, 4.69) is 12.2 Å². The van der Waals surface area contributed by atoms with Crippen molar-refractivity contribution in [1.82, 2.24) is 5.32 Å². The van der Waals surface area contributed by atoms with E-state index in [0.717, 1.165) is 29.8 Å². The molecule has 0 aromatic rings. The van der Waals surface area contributed by atoms with Gasteiger partial charge in [0.2, 0.25) is 0 Å². The lowest BCUT2D eigenvalue weighted by molar-refractivity contribution is 0.204. The topological polar surface area (TPSA) is 12.0 Å². The number of hydrogen-bond donors (Lipinski definition) is 1. The zero-order valence-electron chi connectivity index (χ0n) is 7.92. The SMILES string of the molecule is CC1CCC1NC1CC[C@@H]2C[C@H]12. The highest BCUT2D eigenvalue weighted by Gasteiger charge is 2.48. The summed E-state index contributed by atoms with van der Waals surface area (Å²) >= 11 is 0. The van der Waals surface area contributed by atoms with Gasteiger partial charge in [0.1, 0.15) is 0 Å². The molecule has 0 heterocycles. The molecule has 3 aliphatic carbocycles. The van der Waals surface area contributed by atoms with Crippen LogP contribution in [0.5, 0.6) is 0 Å². The van der Waals surface area contributed by atoms with Crippen molar-refractivity contribution in [2.45, 2.75) is 51.1 Å². The molecule has 0 aliphatic heterocycles. The van der Waals surface area contributed by atoms with Crippen LogP contribution in [0.15, 0.2) is 0 Å². The Balaban J connectivity index is 1.54. The summed E-state index contributed by atoms with van der Waals surface area (Å²) in [5.41, 5.74) is 0. The molecule has 1 heteroatoms. The lowest BCUT2D eigenvalue weighted by atomic mass is 9.80. The molecule has 3 fully saturated rings. The van der Waals surface area contributed by atoms with E-state index in [1.165, 1.54) is 25.7 Å². The van der Waals surface area contributed by atoms with Crippen molar-refractivity contribution in [3.8, 4) is 0 Å². The summed E-state index contributed by atoms with van der Waals surface area (Å²) in [6, 6.07) is 1.80. The van der Waals surface area contributed by atoms with E-state index in [1.807, 2.05) is 0 Å².